The van der Waals surface area contributed by atoms with E-state index in [1.807, 2.05) is 0 Å². The van der Waals surface area contributed by atoms with Gasteiger partial charge in [-0.15, -0.1) is 0 Å². The summed E-state index contributed by atoms with van der Waals surface area (Å²) in [4.78, 5) is 72.9. The summed E-state index contributed by atoms with van der Waals surface area (Å²) in [5.74, 6) is -2.15. The van der Waals surface area contributed by atoms with Gasteiger partial charge in [0, 0.05) is 25.7 Å². The van der Waals surface area contributed by atoms with Crippen LogP contribution in [0.3, 0.4) is 0 Å². The number of phosphoric ester groups is 2. The second-order valence-corrected chi connectivity index (χ2v) is 30.3. The van der Waals surface area contributed by atoms with Gasteiger partial charge >= 0.3 is 39.5 Å². The number of rotatable bonds is 77. The van der Waals surface area contributed by atoms with E-state index in [4.69, 9.17) is 37.0 Å². The molecule has 19 heteroatoms. The highest BCUT2D eigenvalue weighted by Gasteiger charge is 2.30. The fourth-order valence-corrected chi connectivity index (χ4v) is 13.0. The lowest BCUT2D eigenvalue weighted by Crippen LogP contribution is -2.30. The molecule has 3 N–H and O–H groups in total. The molecule has 0 bridgehead atoms. The van der Waals surface area contributed by atoms with Crippen molar-refractivity contribution in [2.75, 3.05) is 39.6 Å². The zero-order valence-corrected chi connectivity index (χ0v) is 64.8. The van der Waals surface area contributed by atoms with Crippen LogP contribution in [-0.2, 0) is 65.4 Å². The molecule has 5 atom stereocenters. The summed E-state index contributed by atoms with van der Waals surface area (Å²) in [6.45, 7) is 4.92. The van der Waals surface area contributed by atoms with Crippen molar-refractivity contribution >= 4 is 39.5 Å². The lowest BCUT2D eigenvalue weighted by atomic mass is 10.0. The predicted molar refractivity (Wildman–Crippen MR) is 400 cm³/mol. The molecule has 0 aliphatic carbocycles. The van der Waals surface area contributed by atoms with Crippen molar-refractivity contribution in [3.05, 3.63) is 36.5 Å². The summed E-state index contributed by atoms with van der Waals surface area (Å²) in [5.41, 5.74) is 0. The van der Waals surface area contributed by atoms with E-state index in [0.717, 1.165) is 128 Å². The van der Waals surface area contributed by atoms with Crippen molar-refractivity contribution in [3.63, 3.8) is 0 Å². The monoisotopic (exact) mass is 1430 g/mol. The standard InChI is InChI=1S/C79H148O17P2/c1-5-9-13-17-21-25-29-33-36-40-44-48-52-56-60-64-77(82)90-70-75(96-79(84)66-62-58-54-50-46-42-38-35-31-27-23-19-15-11-7-3)72-94-98(87,88)92-68-73(80)67-91-97(85,86)93-71-74(69-89-76(81)63-59-55-51-47-43-39-32-28-24-20-16-12-8-4)95-78(83)65-61-57-53-49-45-41-37-34-30-26-22-18-14-10-6-2/h21,25,33-34,36-37,73-75,80H,5-20,22-24,26-32,35,38-72H2,1-4H3,(H,85,86)(H,87,88)/b25-21-,36-33-,37-34-/t73-,74-,75-/m1/s1. The van der Waals surface area contributed by atoms with E-state index in [9.17, 15) is 43.2 Å². The first-order valence-electron chi connectivity index (χ1n) is 40.2. The Balaban J connectivity index is 5.32. The Bertz CT molecular complexity index is 2000. The van der Waals surface area contributed by atoms with Crippen LogP contribution >= 0.6 is 15.6 Å². The van der Waals surface area contributed by atoms with E-state index in [2.05, 4.69) is 64.2 Å². The molecule has 0 rings (SSSR count). The maximum atomic E-state index is 13.1. The smallest absolute Gasteiger partial charge is 0.462 e. The summed E-state index contributed by atoms with van der Waals surface area (Å²) in [6, 6.07) is 0. The molecule has 0 saturated heterocycles. The fraction of sp³-hybridized carbons (Fsp3) is 0.873. The Morgan fingerprint density at radius 3 is 0.786 bits per heavy atom. The molecular formula is C79H148O17P2. The lowest BCUT2D eigenvalue weighted by Gasteiger charge is -2.21. The number of phosphoric acid groups is 2. The van der Waals surface area contributed by atoms with E-state index in [1.54, 1.807) is 0 Å². The van der Waals surface area contributed by atoms with Gasteiger partial charge < -0.3 is 33.8 Å². The minimum atomic E-state index is -4.97. The SMILES string of the molecule is CCCCC/C=C\C/C=C\CCCCCCCC(=O)OC[C@H](COP(=O)(O)OC[C@H](O)COP(=O)(O)OC[C@@H](COC(=O)CCCCCCCCCCCCCCC)OC(=O)CCCCCCC/C=C\CCCCCCCC)OC(=O)CCCCCCCCCCCCCCCCC. The molecule has 17 nitrogen and oxygen atoms in total. The summed E-state index contributed by atoms with van der Waals surface area (Å²) in [7, 11) is -9.93. The third-order valence-electron chi connectivity index (χ3n) is 17.6. The number of aliphatic hydroxyl groups is 1. The molecule has 0 aromatic heterocycles. The zero-order valence-electron chi connectivity index (χ0n) is 63.0. The summed E-state index contributed by atoms with van der Waals surface area (Å²) in [5, 5.41) is 10.6. The lowest BCUT2D eigenvalue weighted by molar-refractivity contribution is -0.161. The highest BCUT2D eigenvalue weighted by atomic mass is 31.2. The van der Waals surface area contributed by atoms with Crippen LogP contribution in [0.25, 0.3) is 0 Å². The second-order valence-electron chi connectivity index (χ2n) is 27.4. The van der Waals surface area contributed by atoms with Gasteiger partial charge in [0.25, 0.3) is 0 Å². The number of ether oxygens (including phenoxy) is 4. The summed E-state index contributed by atoms with van der Waals surface area (Å²) < 4.78 is 68.6. The number of carbonyl (C=O) groups is 4. The predicted octanol–water partition coefficient (Wildman–Crippen LogP) is 23.1. The molecule has 576 valence electrons. The minimum Gasteiger partial charge on any atom is -0.462 e. The van der Waals surface area contributed by atoms with Crippen molar-refractivity contribution in [2.24, 2.45) is 0 Å². The zero-order chi connectivity index (χ0) is 71.8. The first-order valence-corrected chi connectivity index (χ1v) is 43.2. The third kappa shape index (κ3) is 71.7. The first kappa shape index (κ1) is 95.3. The average Bonchev–Trinajstić information content (AvgIpc) is 1.04. The number of aliphatic hydroxyl groups excluding tert-OH is 1. The van der Waals surface area contributed by atoms with Gasteiger partial charge in [-0.25, -0.2) is 9.13 Å². The largest absolute Gasteiger partial charge is 0.472 e. The Morgan fingerprint density at radius 2 is 0.500 bits per heavy atom. The first-order chi connectivity index (χ1) is 47.7. The van der Waals surface area contributed by atoms with E-state index in [-0.39, 0.29) is 25.7 Å². The van der Waals surface area contributed by atoms with Crippen molar-refractivity contribution in [2.45, 2.75) is 406 Å². The molecule has 0 aliphatic heterocycles. The number of allylic oxidation sites excluding steroid dienone is 6. The Morgan fingerprint density at radius 1 is 0.286 bits per heavy atom. The number of unbranched alkanes of at least 4 members (excludes halogenated alkanes) is 45. The molecule has 0 saturated carbocycles. The molecule has 98 heavy (non-hydrogen) atoms. The fourth-order valence-electron chi connectivity index (χ4n) is 11.4. The van der Waals surface area contributed by atoms with Crippen molar-refractivity contribution < 1.29 is 80.2 Å². The van der Waals surface area contributed by atoms with Gasteiger partial charge in [-0.1, -0.05) is 315 Å². The van der Waals surface area contributed by atoms with E-state index in [0.29, 0.717) is 25.7 Å². The van der Waals surface area contributed by atoms with E-state index >= 15 is 0 Å². The molecule has 0 aromatic rings. The van der Waals surface area contributed by atoms with E-state index in [1.165, 1.54) is 180 Å². The van der Waals surface area contributed by atoms with E-state index < -0.39 is 97.5 Å². The van der Waals surface area contributed by atoms with Gasteiger partial charge in [0.1, 0.15) is 19.3 Å². The molecule has 0 amide bonds. The maximum absolute atomic E-state index is 13.1. The Labute approximate surface area is 598 Å². The van der Waals surface area contributed by atoms with Gasteiger partial charge in [0.05, 0.1) is 26.4 Å². The third-order valence-corrected chi connectivity index (χ3v) is 19.5. The average molecular weight is 1430 g/mol. The molecule has 0 heterocycles. The van der Waals surface area contributed by atoms with Gasteiger partial charge in [0.15, 0.2) is 12.2 Å². The van der Waals surface area contributed by atoms with Gasteiger partial charge in [-0.2, -0.15) is 0 Å². The van der Waals surface area contributed by atoms with Gasteiger partial charge in [-0.3, -0.25) is 37.3 Å². The quantitative estimate of drug-likeness (QED) is 0.0169. The van der Waals surface area contributed by atoms with Crippen molar-refractivity contribution in [1.82, 2.24) is 0 Å². The van der Waals surface area contributed by atoms with Gasteiger partial charge in [-0.05, 0) is 83.5 Å². The molecule has 0 fully saturated rings. The highest BCUT2D eigenvalue weighted by Crippen LogP contribution is 2.45. The van der Waals surface area contributed by atoms with Crippen LogP contribution in [0, 0.1) is 0 Å². The molecule has 0 aromatic carbocycles. The molecular weight excluding hydrogens is 1280 g/mol. The number of hydrogen-bond donors (Lipinski definition) is 3. The number of hydrogen-bond acceptors (Lipinski definition) is 15. The van der Waals surface area contributed by atoms with Crippen LogP contribution in [0.2, 0.25) is 0 Å². The Hall–Kier alpha value is -2.72. The van der Waals surface area contributed by atoms with Gasteiger partial charge in [0.2, 0.25) is 0 Å². The van der Waals surface area contributed by atoms with Crippen LogP contribution in [0.4, 0.5) is 0 Å². The van der Waals surface area contributed by atoms with Crippen LogP contribution in [0.5, 0.6) is 0 Å². The second kappa shape index (κ2) is 72.6. The van der Waals surface area contributed by atoms with Crippen LogP contribution in [0.1, 0.15) is 387 Å². The molecule has 0 aliphatic rings. The summed E-state index contributed by atoms with van der Waals surface area (Å²) in [6.07, 6.45) is 68.3. The maximum Gasteiger partial charge on any atom is 0.472 e. The highest BCUT2D eigenvalue weighted by molar-refractivity contribution is 7.47. The van der Waals surface area contributed by atoms with Crippen molar-refractivity contribution in [3.8, 4) is 0 Å². The minimum absolute atomic E-state index is 0.0928. The normalized spacial score (nSPS) is 14.1. The Kier molecular flexibility index (Phi) is 70.6. The topological polar surface area (TPSA) is 237 Å². The van der Waals surface area contributed by atoms with Crippen LogP contribution < -0.4 is 0 Å². The number of carbonyl (C=O) groups excluding carboxylic acids is 4. The number of esters is 4. The molecule has 2 unspecified atom stereocenters. The van der Waals surface area contributed by atoms with Crippen LogP contribution in [-0.4, -0.2) is 96.7 Å². The summed E-state index contributed by atoms with van der Waals surface area (Å²) >= 11 is 0. The molecule has 0 radical (unpaired) electrons. The van der Waals surface area contributed by atoms with Crippen LogP contribution in [0.15, 0.2) is 36.5 Å². The van der Waals surface area contributed by atoms with Crippen molar-refractivity contribution in [1.29, 1.82) is 0 Å². The molecule has 0 spiro atoms.